The minimum Gasteiger partial charge on any atom is -0.396 e. The lowest BCUT2D eigenvalue weighted by molar-refractivity contribution is -0.119. The molecule has 2 bridgehead atoms. The van der Waals surface area contributed by atoms with Gasteiger partial charge in [0.05, 0.1) is 0 Å². The van der Waals surface area contributed by atoms with Gasteiger partial charge in [0.2, 0.25) is 5.91 Å². The number of nitrogens with one attached hydrogen (secondary N) is 1. The minimum atomic E-state index is 0.118. The van der Waals surface area contributed by atoms with Crippen LogP contribution in [0.15, 0.2) is 11.1 Å². The number of rotatable bonds is 3. The highest BCUT2D eigenvalue weighted by Gasteiger charge is 2.47. The van der Waals surface area contributed by atoms with Crippen molar-refractivity contribution >= 4 is 5.91 Å². The number of aliphatic hydroxyl groups excluding tert-OH is 1. The highest BCUT2D eigenvalue weighted by Crippen LogP contribution is 2.48. The van der Waals surface area contributed by atoms with Crippen LogP contribution in [-0.2, 0) is 4.79 Å². The molecule has 2 N–H and O–H groups in total. The van der Waals surface area contributed by atoms with Crippen LogP contribution in [0.3, 0.4) is 0 Å². The van der Waals surface area contributed by atoms with Gasteiger partial charge in [-0.1, -0.05) is 5.57 Å². The fourth-order valence-corrected chi connectivity index (χ4v) is 4.50. The number of hydrogen-bond donors (Lipinski definition) is 2. The molecule has 3 aliphatic carbocycles. The van der Waals surface area contributed by atoms with Crippen LogP contribution in [0.2, 0.25) is 0 Å². The van der Waals surface area contributed by atoms with E-state index in [9.17, 15) is 9.90 Å². The lowest BCUT2D eigenvalue weighted by Crippen LogP contribution is -2.45. The number of carbonyl (C=O) groups is 1. The summed E-state index contributed by atoms with van der Waals surface area (Å²) in [6.45, 7) is 2.19. The van der Waals surface area contributed by atoms with Gasteiger partial charge in [0, 0.05) is 24.1 Å². The fraction of sp³-hybridized carbons (Fsp3) is 0.812. The third-order valence-corrected chi connectivity index (χ3v) is 5.67. The van der Waals surface area contributed by atoms with Crippen molar-refractivity contribution in [3.8, 4) is 0 Å². The molecule has 3 rings (SSSR count). The molecule has 1 amide bonds. The highest BCUT2D eigenvalue weighted by atomic mass is 16.3. The molecule has 3 aliphatic rings. The molecule has 0 aromatic rings. The summed E-state index contributed by atoms with van der Waals surface area (Å²) in [5, 5.41) is 12.8. The second-order valence-electron chi connectivity index (χ2n) is 6.61. The Morgan fingerprint density at radius 1 is 1.26 bits per heavy atom. The van der Waals surface area contributed by atoms with Crippen LogP contribution in [0.25, 0.3) is 0 Å². The van der Waals surface area contributed by atoms with Gasteiger partial charge in [-0.25, -0.2) is 0 Å². The van der Waals surface area contributed by atoms with Crippen molar-refractivity contribution in [2.75, 3.05) is 6.61 Å². The number of amides is 1. The van der Waals surface area contributed by atoms with Gasteiger partial charge in [0.15, 0.2) is 0 Å². The molecule has 0 aliphatic heterocycles. The molecule has 3 saturated carbocycles. The van der Waals surface area contributed by atoms with Gasteiger partial charge in [-0.05, 0) is 63.7 Å². The van der Waals surface area contributed by atoms with Gasteiger partial charge >= 0.3 is 0 Å². The Morgan fingerprint density at radius 3 is 2.63 bits per heavy atom. The lowest BCUT2D eigenvalue weighted by Gasteiger charge is -2.30. The number of hydrogen-bond acceptors (Lipinski definition) is 2. The largest absolute Gasteiger partial charge is 0.396 e. The van der Waals surface area contributed by atoms with Crippen LogP contribution < -0.4 is 5.32 Å². The topological polar surface area (TPSA) is 49.3 Å². The molecule has 0 spiro atoms. The SMILES string of the molecule is CC(C(=O)NC1C2CCC(C2)C1CO)=C1CCCC1. The maximum atomic E-state index is 12.4. The molecule has 0 aromatic carbocycles. The van der Waals surface area contributed by atoms with Gasteiger partial charge < -0.3 is 10.4 Å². The van der Waals surface area contributed by atoms with E-state index in [1.807, 2.05) is 6.92 Å². The van der Waals surface area contributed by atoms with Gasteiger partial charge in [-0.2, -0.15) is 0 Å². The Morgan fingerprint density at radius 2 is 1.95 bits per heavy atom. The maximum absolute atomic E-state index is 12.4. The molecule has 3 fully saturated rings. The summed E-state index contributed by atoms with van der Waals surface area (Å²) in [5.74, 6) is 1.66. The quantitative estimate of drug-likeness (QED) is 0.768. The summed E-state index contributed by atoms with van der Waals surface area (Å²) in [7, 11) is 0. The first-order valence-corrected chi connectivity index (χ1v) is 7.81. The van der Waals surface area contributed by atoms with Gasteiger partial charge in [0.1, 0.15) is 0 Å². The smallest absolute Gasteiger partial charge is 0.247 e. The molecule has 4 unspecified atom stereocenters. The number of aliphatic hydroxyl groups is 1. The average Bonchev–Trinajstić information content (AvgIpc) is 3.14. The Bertz CT molecular complexity index is 394. The summed E-state index contributed by atoms with van der Waals surface area (Å²) in [5.41, 5.74) is 2.29. The molecule has 0 radical (unpaired) electrons. The minimum absolute atomic E-state index is 0.118. The second-order valence-corrected chi connectivity index (χ2v) is 6.61. The Labute approximate surface area is 115 Å². The highest BCUT2D eigenvalue weighted by molar-refractivity contribution is 5.93. The van der Waals surface area contributed by atoms with Crippen LogP contribution in [0, 0.1) is 17.8 Å². The zero-order chi connectivity index (χ0) is 13.4. The Hall–Kier alpha value is -0.830. The van der Waals surface area contributed by atoms with Gasteiger partial charge in [-0.3, -0.25) is 4.79 Å². The van der Waals surface area contributed by atoms with E-state index in [0.29, 0.717) is 17.8 Å². The van der Waals surface area contributed by atoms with Crippen molar-refractivity contribution in [2.24, 2.45) is 17.8 Å². The standard InChI is InChI=1S/C16H25NO2/c1-10(11-4-2-3-5-11)16(19)17-15-13-7-6-12(8-13)14(15)9-18/h12-15,18H,2-9H2,1H3,(H,17,19). The molecule has 0 aromatic heterocycles. The third-order valence-electron chi connectivity index (χ3n) is 5.67. The van der Waals surface area contributed by atoms with E-state index < -0.39 is 0 Å². The predicted molar refractivity (Wildman–Crippen MR) is 74.5 cm³/mol. The van der Waals surface area contributed by atoms with E-state index in [1.54, 1.807) is 0 Å². The normalized spacial score (nSPS) is 36.8. The zero-order valence-electron chi connectivity index (χ0n) is 11.8. The van der Waals surface area contributed by atoms with Crippen molar-refractivity contribution < 1.29 is 9.90 Å². The fourth-order valence-electron chi connectivity index (χ4n) is 4.50. The zero-order valence-corrected chi connectivity index (χ0v) is 11.8. The van der Waals surface area contributed by atoms with E-state index in [1.165, 1.54) is 37.7 Å². The molecule has 106 valence electrons. The van der Waals surface area contributed by atoms with Crippen molar-refractivity contribution in [1.82, 2.24) is 5.32 Å². The molecule has 19 heavy (non-hydrogen) atoms. The first-order chi connectivity index (χ1) is 9.20. The summed E-state index contributed by atoms with van der Waals surface area (Å²) in [4.78, 5) is 12.4. The molecule has 0 heterocycles. The summed E-state index contributed by atoms with van der Waals surface area (Å²) < 4.78 is 0. The van der Waals surface area contributed by atoms with Crippen molar-refractivity contribution in [3.05, 3.63) is 11.1 Å². The third kappa shape index (κ3) is 2.33. The first-order valence-electron chi connectivity index (χ1n) is 7.81. The van der Waals surface area contributed by atoms with Gasteiger partial charge in [0.25, 0.3) is 0 Å². The van der Waals surface area contributed by atoms with Crippen molar-refractivity contribution in [3.63, 3.8) is 0 Å². The van der Waals surface area contributed by atoms with Crippen molar-refractivity contribution in [2.45, 2.75) is 57.9 Å². The van der Waals surface area contributed by atoms with E-state index in [2.05, 4.69) is 5.32 Å². The first kappa shape index (κ1) is 13.2. The van der Waals surface area contributed by atoms with E-state index >= 15 is 0 Å². The Kier molecular flexibility index (Phi) is 3.66. The van der Waals surface area contributed by atoms with E-state index in [0.717, 1.165) is 18.4 Å². The number of allylic oxidation sites excluding steroid dienone is 1. The maximum Gasteiger partial charge on any atom is 0.247 e. The lowest BCUT2D eigenvalue weighted by atomic mass is 9.85. The van der Waals surface area contributed by atoms with Gasteiger partial charge in [-0.15, -0.1) is 0 Å². The van der Waals surface area contributed by atoms with Crippen LogP contribution in [0.5, 0.6) is 0 Å². The predicted octanol–water partition coefficient (Wildman–Crippen LogP) is 2.40. The summed E-state index contributed by atoms with van der Waals surface area (Å²) in [6.07, 6.45) is 8.31. The van der Waals surface area contributed by atoms with Crippen LogP contribution in [0.4, 0.5) is 0 Å². The number of fused-ring (bicyclic) bond motifs is 2. The van der Waals surface area contributed by atoms with Crippen molar-refractivity contribution in [1.29, 1.82) is 0 Å². The molecule has 3 nitrogen and oxygen atoms in total. The molecular formula is C16H25NO2. The van der Waals surface area contributed by atoms with Crippen LogP contribution in [0.1, 0.15) is 51.9 Å². The number of carbonyl (C=O) groups excluding carboxylic acids is 1. The second kappa shape index (κ2) is 5.28. The molecule has 3 heteroatoms. The monoisotopic (exact) mass is 263 g/mol. The summed E-state index contributed by atoms with van der Waals surface area (Å²) >= 11 is 0. The summed E-state index contributed by atoms with van der Waals surface area (Å²) in [6, 6.07) is 0.216. The Balaban J connectivity index is 1.67. The van der Waals surface area contributed by atoms with E-state index in [4.69, 9.17) is 0 Å². The van der Waals surface area contributed by atoms with Crippen LogP contribution >= 0.6 is 0 Å². The molecule has 4 atom stereocenters. The van der Waals surface area contributed by atoms with Crippen LogP contribution in [-0.4, -0.2) is 23.7 Å². The van der Waals surface area contributed by atoms with E-state index in [-0.39, 0.29) is 18.6 Å². The molecule has 0 saturated heterocycles. The average molecular weight is 263 g/mol. The molecular weight excluding hydrogens is 238 g/mol.